The second-order valence-electron chi connectivity index (χ2n) is 5.34. The van der Waals surface area contributed by atoms with Gasteiger partial charge in [0.25, 0.3) is 0 Å². The normalized spacial score (nSPS) is 28.1. The SMILES string of the molecule is CCCC1(C(=O)OCC)OC1(CCC)c1ccccc1. The molecule has 0 amide bonds. The minimum atomic E-state index is -0.783. The van der Waals surface area contributed by atoms with E-state index in [1.807, 2.05) is 37.3 Å². The van der Waals surface area contributed by atoms with Gasteiger partial charge in [-0.05, 0) is 25.3 Å². The van der Waals surface area contributed by atoms with E-state index in [9.17, 15) is 4.79 Å². The van der Waals surface area contributed by atoms with Crippen LogP contribution in [-0.2, 0) is 19.9 Å². The lowest BCUT2D eigenvalue weighted by atomic mass is 9.80. The van der Waals surface area contributed by atoms with Gasteiger partial charge in [0.2, 0.25) is 0 Å². The summed E-state index contributed by atoms with van der Waals surface area (Å²) < 4.78 is 11.4. The zero-order valence-electron chi connectivity index (χ0n) is 12.6. The van der Waals surface area contributed by atoms with Crippen molar-refractivity contribution in [2.45, 2.75) is 57.7 Å². The summed E-state index contributed by atoms with van der Waals surface area (Å²) in [7, 11) is 0. The van der Waals surface area contributed by atoms with E-state index in [1.54, 1.807) is 0 Å². The molecule has 0 radical (unpaired) electrons. The smallest absolute Gasteiger partial charge is 0.341 e. The minimum Gasteiger partial charge on any atom is -0.464 e. The van der Waals surface area contributed by atoms with Gasteiger partial charge in [-0.3, -0.25) is 0 Å². The number of carbonyl (C=O) groups is 1. The van der Waals surface area contributed by atoms with E-state index in [0.717, 1.165) is 24.8 Å². The first-order valence-corrected chi connectivity index (χ1v) is 7.59. The molecule has 3 heteroatoms. The molecule has 2 rings (SSSR count). The summed E-state index contributed by atoms with van der Waals surface area (Å²) in [5, 5.41) is 0. The second-order valence-corrected chi connectivity index (χ2v) is 5.34. The highest BCUT2D eigenvalue weighted by atomic mass is 16.7. The fourth-order valence-corrected chi connectivity index (χ4v) is 3.18. The van der Waals surface area contributed by atoms with Crippen LogP contribution in [0.2, 0.25) is 0 Å². The molecule has 110 valence electrons. The molecular formula is C17H24O3. The van der Waals surface area contributed by atoms with Gasteiger partial charge < -0.3 is 9.47 Å². The predicted molar refractivity (Wildman–Crippen MR) is 78.4 cm³/mol. The van der Waals surface area contributed by atoms with Crippen molar-refractivity contribution in [2.24, 2.45) is 0 Å². The van der Waals surface area contributed by atoms with Crippen LogP contribution in [0.15, 0.2) is 30.3 Å². The standard InChI is InChI=1S/C17H24O3/c1-4-12-16(14-10-8-7-9-11-14)17(20-16,13-5-2)15(18)19-6-3/h7-11H,4-6,12-13H2,1-3H3. The van der Waals surface area contributed by atoms with Crippen LogP contribution in [0.3, 0.4) is 0 Å². The fourth-order valence-electron chi connectivity index (χ4n) is 3.18. The Balaban J connectivity index is 2.37. The van der Waals surface area contributed by atoms with Gasteiger partial charge in [0.1, 0.15) is 5.60 Å². The lowest BCUT2D eigenvalue weighted by molar-refractivity contribution is -0.149. The molecule has 20 heavy (non-hydrogen) atoms. The Labute approximate surface area is 121 Å². The van der Waals surface area contributed by atoms with Crippen molar-refractivity contribution in [2.75, 3.05) is 6.61 Å². The summed E-state index contributed by atoms with van der Waals surface area (Å²) in [6.45, 7) is 6.42. The molecule has 1 aliphatic rings. The number of hydrogen-bond acceptors (Lipinski definition) is 3. The molecular weight excluding hydrogens is 252 g/mol. The van der Waals surface area contributed by atoms with Gasteiger partial charge >= 0.3 is 5.97 Å². The fraction of sp³-hybridized carbons (Fsp3) is 0.588. The zero-order valence-corrected chi connectivity index (χ0v) is 12.6. The summed E-state index contributed by atoms with van der Waals surface area (Å²) in [5.74, 6) is -0.209. The van der Waals surface area contributed by atoms with Gasteiger partial charge in [-0.1, -0.05) is 57.0 Å². The molecule has 0 N–H and O–H groups in total. The highest BCUT2D eigenvalue weighted by Gasteiger charge is 2.74. The monoisotopic (exact) mass is 276 g/mol. The molecule has 2 unspecified atom stereocenters. The van der Waals surface area contributed by atoms with Crippen LogP contribution in [0, 0.1) is 0 Å². The lowest BCUT2D eigenvalue weighted by Crippen LogP contribution is -2.34. The first kappa shape index (κ1) is 15.0. The molecule has 0 aromatic heterocycles. The van der Waals surface area contributed by atoms with Gasteiger partial charge in [0, 0.05) is 0 Å². The van der Waals surface area contributed by atoms with Crippen molar-refractivity contribution in [1.29, 1.82) is 0 Å². The molecule has 0 aliphatic carbocycles. The van der Waals surface area contributed by atoms with E-state index in [0.29, 0.717) is 13.0 Å². The predicted octanol–water partition coefficient (Wildman–Crippen LogP) is 3.81. The topological polar surface area (TPSA) is 38.8 Å². The van der Waals surface area contributed by atoms with Crippen molar-refractivity contribution in [3.05, 3.63) is 35.9 Å². The van der Waals surface area contributed by atoms with Crippen molar-refractivity contribution >= 4 is 5.97 Å². The Morgan fingerprint density at radius 2 is 1.75 bits per heavy atom. The number of benzene rings is 1. The van der Waals surface area contributed by atoms with Crippen LogP contribution >= 0.6 is 0 Å². The highest BCUT2D eigenvalue weighted by molar-refractivity contribution is 5.85. The lowest BCUT2D eigenvalue weighted by Gasteiger charge is -2.19. The summed E-state index contributed by atoms with van der Waals surface area (Å²) in [6.07, 6.45) is 3.42. The molecule has 1 heterocycles. The molecule has 0 spiro atoms. The molecule has 1 fully saturated rings. The van der Waals surface area contributed by atoms with E-state index >= 15 is 0 Å². The Kier molecular flexibility index (Phi) is 4.48. The van der Waals surface area contributed by atoms with Crippen molar-refractivity contribution in [1.82, 2.24) is 0 Å². The molecule has 1 aliphatic heterocycles. The van der Waals surface area contributed by atoms with Gasteiger partial charge in [-0.15, -0.1) is 0 Å². The van der Waals surface area contributed by atoms with Crippen LogP contribution < -0.4 is 0 Å². The molecule has 3 nitrogen and oxygen atoms in total. The van der Waals surface area contributed by atoms with Gasteiger partial charge in [0.15, 0.2) is 5.60 Å². The average Bonchev–Trinajstić information content (AvgIpc) is 3.11. The van der Waals surface area contributed by atoms with Crippen molar-refractivity contribution in [3.63, 3.8) is 0 Å². The zero-order chi connectivity index (χ0) is 14.6. The van der Waals surface area contributed by atoms with Crippen LogP contribution in [0.4, 0.5) is 0 Å². The number of ether oxygens (including phenoxy) is 2. The quantitative estimate of drug-likeness (QED) is 0.561. The third kappa shape index (κ3) is 2.24. The van der Waals surface area contributed by atoms with Crippen molar-refractivity contribution < 1.29 is 14.3 Å². The van der Waals surface area contributed by atoms with E-state index in [-0.39, 0.29) is 5.97 Å². The van der Waals surface area contributed by atoms with Crippen LogP contribution in [-0.4, -0.2) is 18.2 Å². The third-order valence-corrected chi connectivity index (χ3v) is 4.01. The number of hydrogen-bond donors (Lipinski definition) is 0. The summed E-state index contributed by atoms with van der Waals surface area (Å²) >= 11 is 0. The maximum atomic E-state index is 12.4. The Morgan fingerprint density at radius 1 is 1.10 bits per heavy atom. The van der Waals surface area contributed by atoms with Gasteiger partial charge in [0.05, 0.1) is 6.61 Å². The Bertz CT molecular complexity index is 457. The molecule has 1 aromatic rings. The van der Waals surface area contributed by atoms with Gasteiger partial charge in [-0.25, -0.2) is 4.79 Å². The van der Waals surface area contributed by atoms with Crippen LogP contribution in [0.5, 0.6) is 0 Å². The van der Waals surface area contributed by atoms with Gasteiger partial charge in [-0.2, -0.15) is 0 Å². The van der Waals surface area contributed by atoms with E-state index < -0.39 is 11.2 Å². The number of carbonyl (C=O) groups excluding carboxylic acids is 1. The second kappa shape index (κ2) is 5.96. The first-order chi connectivity index (χ1) is 9.66. The summed E-state index contributed by atoms with van der Waals surface area (Å²) in [5.41, 5.74) is -0.191. The maximum Gasteiger partial charge on any atom is 0.341 e. The largest absolute Gasteiger partial charge is 0.464 e. The molecule has 0 bridgehead atoms. The van der Waals surface area contributed by atoms with E-state index in [1.165, 1.54) is 0 Å². The Hall–Kier alpha value is -1.35. The molecule has 1 saturated heterocycles. The van der Waals surface area contributed by atoms with Crippen LogP contribution in [0.25, 0.3) is 0 Å². The first-order valence-electron chi connectivity index (χ1n) is 7.59. The summed E-state index contributed by atoms with van der Waals surface area (Å²) in [4.78, 5) is 12.4. The van der Waals surface area contributed by atoms with E-state index in [4.69, 9.17) is 9.47 Å². The summed E-state index contributed by atoms with van der Waals surface area (Å²) in [6, 6.07) is 10.1. The molecule has 2 atom stereocenters. The molecule has 0 saturated carbocycles. The number of esters is 1. The highest BCUT2D eigenvalue weighted by Crippen LogP contribution is 2.61. The van der Waals surface area contributed by atoms with Crippen LogP contribution in [0.1, 0.15) is 52.0 Å². The molecule has 1 aromatic carbocycles. The maximum absolute atomic E-state index is 12.4. The number of epoxide rings is 1. The number of rotatable bonds is 7. The third-order valence-electron chi connectivity index (χ3n) is 4.01. The Morgan fingerprint density at radius 3 is 2.30 bits per heavy atom. The van der Waals surface area contributed by atoms with E-state index in [2.05, 4.69) is 13.8 Å². The van der Waals surface area contributed by atoms with Crippen molar-refractivity contribution in [3.8, 4) is 0 Å². The minimum absolute atomic E-state index is 0.209. The average molecular weight is 276 g/mol.